The van der Waals surface area contributed by atoms with Crippen molar-refractivity contribution in [3.63, 3.8) is 0 Å². The number of ketones is 1. The van der Waals surface area contributed by atoms with E-state index in [1.807, 2.05) is 54.0 Å². The van der Waals surface area contributed by atoms with E-state index in [9.17, 15) is 9.59 Å². The SMILES string of the molecule is COC(=O)C[C@@H]1N=C(c2ccc(CCC(=O)c3ccccc3)cc2)c2c(sc(C)c2C)-n2c(C)nnc21. The van der Waals surface area contributed by atoms with Gasteiger partial charge in [-0.2, -0.15) is 0 Å². The highest BCUT2D eigenvalue weighted by Gasteiger charge is 2.32. The summed E-state index contributed by atoms with van der Waals surface area (Å²) in [4.78, 5) is 31.1. The number of carbonyl (C=O) groups excluding carboxylic acids is 2. The standard InChI is InChI=1S/C29H28N4O3S/c1-17-18(2)37-29-26(17)27(30-23(16-25(35)36-4)28-32-31-19(3)33(28)29)22-13-10-20(11-14-22)12-15-24(34)21-8-6-5-7-9-21/h5-11,13-14,23H,12,15-16H2,1-4H3/t23-/m0/s1. The number of aromatic nitrogens is 3. The van der Waals surface area contributed by atoms with E-state index in [-0.39, 0.29) is 18.2 Å². The van der Waals surface area contributed by atoms with E-state index >= 15 is 0 Å². The Morgan fingerprint density at radius 3 is 2.43 bits per heavy atom. The molecule has 1 aliphatic heterocycles. The minimum Gasteiger partial charge on any atom is -0.469 e. The molecule has 0 aliphatic carbocycles. The van der Waals surface area contributed by atoms with Gasteiger partial charge in [0.1, 0.15) is 16.9 Å². The van der Waals surface area contributed by atoms with Crippen molar-refractivity contribution in [3.05, 3.63) is 98.9 Å². The summed E-state index contributed by atoms with van der Waals surface area (Å²) in [6.07, 6.45) is 1.18. The average Bonchev–Trinajstić information content (AvgIpc) is 3.39. The monoisotopic (exact) mass is 512 g/mol. The minimum absolute atomic E-state index is 0.0742. The van der Waals surface area contributed by atoms with Crippen LogP contribution in [0.15, 0.2) is 59.6 Å². The predicted molar refractivity (Wildman–Crippen MR) is 144 cm³/mol. The first-order chi connectivity index (χ1) is 17.9. The van der Waals surface area contributed by atoms with Crippen molar-refractivity contribution in [3.8, 4) is 5.00 Å². The summed E-state index contributed by atoms with van der Waals surface area (Å²) < 4.78 is 6.98. The van der Waals surface area contributed by atoms with Crippen LogP contribution in [0.3, 0.4) is 0 Å². The molecule has 1 aliphatic rings. The van der Waals surface area contributed by atoms with Gasteiger partial charge in [0.25, 0.3) is 0 Å². The van der Waals surface area contributed by atoms with Crippen molar-refractivity contribution >= 4 is 28.8 Å². The first kappa shape index (κ1) is 24.8. The third-order valence-corrected chi connectivity index (χ3v) is 7.98. The van der Waals surface area contributed by atoms with E-state index in [0.717, 1.165) is 44.4 Å². The van der Waals surface area contributed by atoms with Crippen molar-refractivity contribution < 1.29 is 14.3 Å². The predicted octanol–water partition coefficient (Wildman–Crippen LogP) is 5.52. The van der Waals surface area contributed by atoms with Crippen molar-refractivity contribution in [1.82, 2.24) is 14.8 Å². The smallest absolute Gasteiger partial charge is 0.308 e. The topological polar surface area (TPSA) is 86.4 Å². The number of esters is 1. The van der Waals surface area contributed by atoms with E-state index in [0.29, 0.717) is 18.7 Å². The number of hydrogen-bond donors (Lipinski definition) is 0. The second-order valence-electron chi connectivity index (χ2n) is 9.16. The summed E-state index contributed by atoms with van der Waals surface area (Å²) in [5.41, 5.74) is 5.77. The molecule has 3 heterocycles. The van der Waals surface area contributed by atoms with Crippen LogP contribution in [0.25, 0.3) is 5.00 Å². The first-order valence-electron chi connectivity index (χ1n) is 12.2. The highest BCUT2D eigenvalue weighted by Crippen LogP contribution is 2.39. The summed E-state index contributed by atoms with van der Waals surface area (Å²) in [7, 11) is 1.38. The molecule has 8 heteroatoms. The van der Waals surface area contributed by atoms with E-state index < -0.39 is 6.04 Å². The van der Waals surface area contributed by atoms with Gasteiger partial charge >= 0.3 is 5.97 Å². The number of carbonyl (C=O) groups is 2. The van der Waals surface area contributed by atoms with Crippen molar-refractivity contribution in [1.29, 1.82) is 0 Å². The molecule has 0 spiro atoms. The molecule has 5 rings (SSSR count). The van der Waals surface area contributed by atoms with E-state index in [1.165, 1.54) is 12.0 Å². The van der Waals surface area contributed by atoms with Crippen molar-refractivity contribution in [2.24, 2.45) is 4.99 Å². The zero-order valence-electron chi connectivity index (χ0n) is 21.3. The summed E-state index contributed by atoms with van der Waals surface area (Å²) in [6.45, 7) is 6.12. The maximum Gasteiger partial charge on any atom is 0.308 e. The highest BCUT2D eigenvalue weighted by atomic mass is 32.1. The lowest BCUT2D eigenvalue weighted by Gasteiger charge is -2.12. The fraction of sp³-hybridized carbons (Fsp3) is 0.276. The fourth-order valence-corrected chi connectivity index (χ4v) is 5.84. The van der Waals surface area contributed by atoms with Crippen LogP contribution in [0, 0.1) is 20.8 Å². The van der Waals surface area contributed by atoms with Gasteiger partial charge in [0.05, 0.1) is 19.2 Å². The van der Waals surface area contributed by atoms with Gasteiger partial charge in [-0.3, -0.25) is 19.1 Å². The number of methoxy groups -OCH3 is 1. The molecule has 0 N–H and O–H groups in total. The molecular weight excluding hydrogens is 484 g/mol. The van der Waals surface area contributed by atoms with Gasteiger partial charge in [0, 0.05) is 28.0 Å². The van der Waals surface area contributed by atoms with Crippen LogP contribution in [0.5, 0.6) is 0 Å². The number of nitrogens with zero attached hydrogens (tertiary/aromatic N) is 4. The molecule has 188 valence electrons. The fourth-order valence-electron chi connectivity index (χ4n) is 4.62. The second kappa shape index (κ2) is 10.2. The van der Waals surface area contributed by atoms with E-state index in [4.69, 9.17) is 9.73 Å². The molecule has 0 saturated heterocycles. The molecule has 0 unspecified atom stereocenters. The van der Waals surface area contributed by atoms with Crippen LogP contribution in [0.4, 0.5) is 0 Å². The average molecular weight is 513 g/mol. The highest BCUT2D eigenvalue weighted by molar-refractivity contribution is 7.15. The Balaban J connectivity index is 1.50. The van der Waals surface area contributed by atoms with Crippen LogP contribution < -0.4 is 0 Å². The zero-order chi connectivity index (χ0) is 26.1. The summed E-state index contributed by atoms with van der Waals surface area (Å²) >= 11 is 1.68. The number of aryl methyl sites for hydroxylation is 3. The molecular formula is C29H28N4O3S. The first-order valence-corrected chi connectivity index (χ1v) is 13.0. The van der Waals surface area contributed by atoms with Gasteiger partial charge in [-0.15, -0.1) is 21.5 Å². The Hall–Kier alpha value is -3.91. The minimum atomic E-state index is -0.522. The van der Waals surface area contributed by atoms with Crippen LogP contribution in [0.2, 0.25) is 0 Å². The zero-order valence-corrected chi connectivity index (χ0v) is 22.1. The number of fused-ring (bicyclic) bond motifs is 3. The number of rotatable bonds is 7. The number of ether oxygens (including phenoxy) is 1. The van der Waals surface area contributed by atoms with Gasteiger partial charge in [0.15, 0.2) is 11.6 Å². The van der Waals surface area contributed by atoms with Gasteiger partial charge in [-0.05, 0) is 38.3 Å². The lowest BCUT2D eigenvalue weighted by atomic mass is 9.97. The molecule has 7 nitrogen and oxygen atoms in total. The lowest BCUT2D eigenvalue weighted by Crippen LogP contribution is -2.12. The quantitative estimate of drug-likeness (QED) is 0.240. The van der Waals surface area contributed by atoms with Crippen LogP contribution >= 0.6 is 11.3 Å². The third-order valence-electron chi connectivity index (χ3n) is 6.79. The van der Waals surface area contributed by atoms with E-state index in [2.05, 4.69) is 36.2 Å². The normalized spacial score (nSPS) is 14.4. The number of thiophene rings is 1. The molecule has 4 aromatic rings. The lowest BCUT2D eigenvalue weighted by molar-refractivity contribution is -0.141. The molecule has 0 bridgehead atoms. The van der Waals surface area contributed by atoms with Crippen molar-refractivity contribution in [2.75, 3.05) is 7.11 Å². The largest absolute Gasteiger partial charge is 0.469 e. The van der Waals surface area contributed by atoms with Crippen LogP contribution in [-0.2, 0) is 16.0 Å². The maximum atomic E-state index is 12.5. The van der Waals surface area contributed by atoms with E-state index in [1.54, 1.807) is 11.3 Å². The molecule has 2 aromatic heterocycles. The summed E-state index contributed by atoms with van der Waals surface area (Å²) in [5, 5.41) is 9.71. The number of hydrogen-bond acceptors (Lipinski definition) is 7. The van der Waals surface area contributed by atoms with Gasteiger partial charge < -0.3 is 4.74 Å². The molecule has 0 radical (unpaired) electrons. The van der Waals surface area contributed by atoms with Gasteiger partial charge in [-0.25, -0.2) is 0 Å². The number of aliphatic imine (C=N–C) groups is 1. The summed E-state index contributed by atoms with van der Waals surface area (Å²) in [5.74, 6) is 1.17. The van der Waals surface area contributed by atoms with Crippen molar-refractivity contribution in [2.45, 2.75) is 46.1 Å². The Labute approximate surface area is 219 Å². The molecule has 37 heavy (non-hydrogen) atoms. The molecule has 0 saturated carbocycles. The van der Waals surface area contributed by atoms with Gasteiger partial charge in [0.2, 0.25) is 0 Å². The Morgan fingerprint density at radius 1 is 1.00 bits per heavy atom. The molecule has 0 amide bonds. The number of Topliss-reactive ketones (excluding diaryl/α,β-unsaturated/α-hetero) is 1. The Kier molecular flexibility index (Phi) is 6.84. The Bertz CT molecular complexity index is 1500. The van der Waals surface area contributed by atoms with Crippen LogP contribution in [0.1, 0.15) is 68.0 Å². The second-order valence-corrected chi connectivity index (χ2v) is 10.4. The van der Waals surface area contributed by atoms with Crippen LogP contribution in [-0.4, -0.2) is 39.3 Å². The van der Waals surface area contributed by atoms with Gasteiger partial charge in [-0.1, -0.05) is 54.6 Å². The molecule has 0 fully saturated rings. The molecule has 1 atom stereocenters. The number of benzene rings is 2. The summed E-state index contributed by atoms with van der Waals surface area (Å²) in [6, 6.07) is 17.1. The third kappa shape index (κ3) is 4.76. The Morgan fingerprint density at radius 2 is 1.73 bits per heavy atom. The molecule has 2 aromatic carbocycles. The maximum absolute atomic E-state index is 12.5.